The van der Waals surface area contributed by atoms with Gasteiger partial charge in [-0.15, -0.1) is 0 Å². The van der Waals surface area contributed by atoms with Crippen LogP contribution in [0.3, 0.4) is 0 Å². The molecule has 74 valence electrons. The van der Waals surface area contributed by atoms with Crippen molar-refractivity contribution in [1.82, 2.24) is 9.97 Å². The van der Waals surface area contributed by atoms with E-state index in [0.29, 0.717) is 16.2 Å². The molecule has 1 heterocycles. The third-order valence-electron chi connectivity index (χ3n) is 1.94. The lowest BCUT2D eigenvalue weighted by molar-refractivity contribution is 1.17. The maximum atomic E-state index is 11.4. The highest BCUT2D eigenvalue weighted by atomic mass is 79.9. The molecule has 1 aromatic heterocycles. The van der Waals surface area contributed by atoms with Gasteiger partial charge in [-0.3, -0.25) is 4.79 Å². The highest BCUT2D eigenvalue weighted by Gasteiger charge is 1.98. The van der Waals surface area contributed by atoms with E-state index in [4.69, 9.17) is 0 Å². The quantitative estimate of drug-likeness (QED) is 0.580. The molecule has 1 aromatic carbocycles. The third kappa shape index (κ3) is 2.08. The predicted molar refractivity (Wildman–Crippen MR) is 63.0 cm³/mol. The first-order chi connectivity index (χ1) is 7.31. The number of hydrogen-bond donors (Lipinski definition) is 1. The normalized spacial score (nSPS) is 9.67. The van der Waals surface area contributed by atoms with Gasteiger partial charge in [0.2, 0.25) is 0 Å². The summed E-state index contributed by atoms with van der Waals surface area (Å²) in [5, 5.41) is 1.22. The summed E-state index contributed by atoms with van der Waals surface area (Å²) in [6.07, 6.45) is 1.40. The van der Waals surface area contributed by atoms with Crippen molar-refractivity contribution >= 4 is 26.8 Å². The second-order valence-electron chi connectivity index (χ2n) is 2.90. The van der Waals surface area contributed by atoms with Crippen molar-refractivity contribution in [3.05, 3.63) is 40.4 Å². The fourth-order valence-corrected chi connectivity index (χ4v) is 1.42. The molecule has 0 unspecified atom stereocenters. The van der Waals surface area contributed by atoms with E-state index >= 15 is 0 Å². The van der Waals surface area contributed by atoms with Crippen molar-refractivity contribution in [1.29, 1.82) is 0 Å². The predicted octanol–water partition coefficient (Wildman–Crippen LogP) is 1.67. The van der Waals surface area contributed by atoms with Crippen molar-refractivity contribution < 1.29 is 0 Å². The van der Waals surface area contributed by atoms with Crippen LogP contribution in [0.4, 0.5) is 0 Å². The topological polar surface area (TPSA) is 45.8 Å². The molecular weight excluding hydrogens is 256 g/mol. The number of halogens is 1. The first-order valence-corrected chi connectivity index (χ1v) is 5.45. The van der Waals surface area contributed by atoms with Crippen LogP contribution in [0.5, 0.6) is 0 Å². The smallest absolute Gasteiger partial charge is 0.258 e. The molecule has 0 amide bonds. The van der Waals surface area contributed by atoms with Gasteiger partial charge in [-0.05, 0) is 18.2 Å². The summed E-state index contributed by atoms with van der Waals surface area (Å²) in [5.41, 5.74) is 1.40. The molecule has 0 radical (unpaired) electrons. The molecule has 0 spiro atoms. The molecule has 0 fully saturated rings. The van der Waals surface area contributed by atoms with Crippen molar-refractivity contribution in [3.63, 3.8) is 0 Å². The molecule has 0 saturated carbocycles. The molecule has 2 aromatic rings. The lowest BCUT2D eigenvalue weighted by Gasteiger charge is -1.95. The van der Waals surface area contributed by atoms with E-state index < -0.39 is 0 Å². The molecule has 0 saturated heterocycles. The van der Waals surface area contributed by atoms with Crippen LogP contribution in [0.2, 0.25) is 0 Å². The number of aromatic nitrogens is 2. The first-order valence-electron chi connectivity index (χ1n) is 4.33. The molecule has 1 N–H and O–H groups in total. The van der Waals surface area contributed by atoms with Gasteiger partial charge in [-0.1, -0.05) is 27.8 Å². The largest absolute Gasteiger partial charge is 0.313 e. The van der Waals surface area contributed by atoms with Crippen LogP contribution in [0.15, 0.2) is 29.3 Å². The van der Waals surface area contributed by atoms with Gasteiger partial charge in [-0.2, -0.15) is 0 Å². The van der Waals surface area contributed by atoms with Gasteiger partial charge >= 0.3 is 0 Å². The SMILES string of the molecule is O=c1[nH]cnc2cc(C#CCBr)ccc12. The number of hydrogen-bond acceptors (Lipinski definition) is 2. The van der Waals surface area contributed by atoms with Gasteiger partial charge in [0, 0.05) is 5.56 Å². The van der Waals surface area contributed by atoms with Gasteiger partial charge in [0.15, 0.2) is 0 Å². The van der Waals surface area contributed by atoms with Crippen molar-refractivity contribution in [2.24, 2.45) is 0 Å². The van der Waals surface area contributed by atoms with Gasteiger partial charge in [0.25, 0.3) is 5.56 Å². The number of nitrogens with one attached hydrogen (secondary N) is 1. The molecule has 4 heteroatoms. The summed E-state index contributed by atoms with van der Waals surface area (Å²) in [6.45, 7) is 0. The number of alkyl halides is 1. The van der Waals surface area contributed by atoms with E-state index in [2.05, 4.69) is 37.7 Å². The zero-order chi connectivity index (χ0) is 10.7. The number of nitrogens with zero attached hydrogens (tertiary/aromatic N) is 1. The van der Waals surface area contributed by atoms with Gasteiger partial charge in [0.05, 0.1) is 22.6 Å². The van der Waals surface area contributed by atoms with Crippen LogP contribution < -0.4 is 5.56 Å². The molecule has 3 nitrogen and oxygen atoms in total. The molecule has 15 heavy (non-hydrogen) atoms. The summed E-state index contributed by atoms with van der Waals surface area (Å²) in [7, 11) is 0. The Morgan fingerprint density at radius 1 is 1.47 bits per heavy atom. The Morgan fingerprint density at radius 3 is 3.13 bits per heavy atom. The summed E-state index contributed by atoms with van der Waals surface area (Å²) in [6, 6.07) is 5.36. The van der Waals surface area contributed by atoms with Gasteiger partial charge in [-0.25, -0.2) is 4.98 Å². The highest BCUT2D eigenvalue weighted by Crippen LogP contribution is 2.08. The molecular formula is C11H7BrN2O. The van der Waals surface area contributed by atoms with Crippen LogP contribution in [0.1, 0.15) is 5.56 Å². The fraction of sp³-hybridized carbons (Fsp3) is 0.0909. The summed E-state index contributed by atoms with van der Waals surface area (Å²) < 4.78 is 0. The molecule has 0 atom stereocenters. The third-order valence-corrected chi connectivity index (χ3v) is 2.22. The maximum Gasteiger partial charge on any atom is 0.258 e. The second kappa shape index (κ2) is 4.28. The number of fused-ring (bicyclic) bond motifs is 1. The second-order valence-corrected chi connectivity index (χ2v) is 3.46. The minimum atomic E-state index is -0.125. The fourth-order valence-electron chi connectivity index (χ4n) is 1.28. The molecule has 2 rings (SSSR count). The summed E-state index contributed by atoms with van der Waals surface area (Å²) >= 11 is 3.22. The average Bonchev–Trinajstić information content (AvgIpc) is 2.26. The Labute approximate surface area is 94.7 Å². The average molecular weight is 263 g/mol. The van der Waals surface area contributed by atoms with Crippen molar-refractivity contribution in [2.75, 3.05) is 5.33 Å². The Kier molecular flexibility index (Phi) is 2.84. The summed E-state index contributed by atoms with van der Waals surface area (Å²) in [4.78, 5) is 18.0. The van der Waals surface area contributed by atoms with Crippen LogP contribution >= 0.6 is 15.9 Å². The van der Waals surface area contributed by atoms with E-state index in [1.807, 2.05) is 6.07 Å². The van der Waals surface area contributed by atoms with E-state index in [9.17, 15) is 4.79 Å². The number of rotatable bonds is 0. The van der Waals surface area contributed by atoms with E-state index in [1.54, 1.807) is 12.1 Å². The minimum absolute atomic E-state index is 0.125. The van der Waals surface area contributed by atoms with E-state index in [1.165, 1.54) is 6.33 Å². The number of aromatic amines is 1. The number of H-pyrrole nitrogens is 1. The standard InChI is InChI=1S/C11H7BrN2O/c12-5-1-2-8-3-4-9-10(6-8)13-7-14-11(9)15/h3-4,6-7H,5H2,(H,13,14,15). The zero-order valence-electron chi connectivity index (χ0n) is 7.75. The van der Waals surface area contributed by atoms with E-state index in [0.717, 1.165) is 5.56 Å². The van der Waals surface area contributed by atoms with Gasteiger partial charge in [0.1, 0.15) is 0 Å². The Morgan fingerprint density at radius 2 is 2.33 bits per heavy atom. The van der Waals surface area contributed by atoms with Crippen molar-refractivity contribution in [2.45, 2.75) is 0 Å². The van der Waals surface area contributed by atoms with Crippen LogP contribution in [-0.4, -0.2) is 15.3 Å². The highest BCUT2D eigenvalue weighted by molar-refractivity contribution is 9.09. The summed E-state index contributed by atoms with van der Waals surface area (Å²) in [5.74, 6) is 5.85. The van der Waals surface area contributed by atoms with Crippen LogP contribution in [0, 0.1) is 11.8 Å². The van der Waals surface area contributed by atoms with Gasteiger partial charge < -0.3 is 4.98 Å². The molecule has 0 aliphatic rings. The Balaban J connectivity index is 2.62. The lowest BCUT2D eigenvalue weighted by atomic mass is 10.1. The Hall–Kier alpha value is -1.60. The molecule has 0 bridgehead atoms. The molecule has 0 aliphatic carbocycles. The minimum Gasteiger partial charge on any atom is -0.313 e. The maximum absolute atomic E-state index is 11.4. The molecule has 0 aliphatic heterocycles. The monoisotopic (exact) mass is 262 g/mol. The lowest BCUT2D eigenvalue weighted by Crippen LogP contribution is -2.05. The first kappa shape index (κ1) is 9.94. The van der Waals surface area contributed by atoms with E-state index in [-0.39, 0.29) is 5.56 Å². The van der Waals surface area contributed by atoms with Crippen LogP contribution in [-0.2, 0) is 0 Å². The van der Waals surface area contributed by atoms with Crippen molar-refractivity contribution in [3.8, 4) is 11.8 Å². The Bertz CT molecular complexity index is 607. The number of benzene rings is 1. The zero-order valence-corrected chi connectivity index (χ0v) is 9.34. The van der Waals surface area contributed by atoms with Crippen LogP contribution in [0.25, 0.3) is 10.9 Å².